The zero-order chi connectivity index (χ0) is 18.8. The predicted octanol–water partition coefficient (Wildman–Crippen LogP) is 4.50. The van der Waals surface area contributed by atoms with Crippen molar-refractivity contribution in [3.8, 4) is 0 Å². The van der Waals surface area contributed by atoms with Crippen LogP contribution in [0.5, 0.6) is 0 Å². The molecule has 1 atom stereocenters. The first-order valence-electron chi connectivity index (χ1n) is 8.27. The van der Waals surface area contributed by atoms with Crippen molar-refractivity contribution in [2.45, 2.75) is 26.8 Å². The van der Waals surface area contributed by atoms with Crippen molar-refractivity contribution in [1.82, 2.24) is 10.6 Å². The Hall–Kier alpha value is -2.18. The Morgan fingerprint density at radius 3 is 2.42 bits per heavy atom. The van der Waals surface area contributed by atoms with Gasteiger partial charge in [-0.2, -0.15) is 0 Å². The highest BCUT2D eigenvalue weighted by molar-refractivity contribution is 9.10. The average Bonchev–Trinajstić information content (AvgIpc) is 2.53. The summed E-state index contributed by atoms with van der Waals surface area (Å²) in [5, 5.41) is 9.80. The third-order valence-electron chi connectivity index (χ3n) is 4.21. The number of aryl methyl sites for hydroxylation is 2. The average molecular weight is 430 g/mol. The lowest BCUT2D eigenvalue weighted by atomic mass is 9.95. The molecule has 0 saturated heterocycles. The van der Waals surface area contributed by atoms with E-state index in [-0.39, 0.29) is 11.9 Å². The molecule has 1 amide bonds. The van der Waals surface area contributed by atoms with Gasteiger partial charge in [-0.3, -0.25) is 4.79 Å². The zero-order valence-electron chi connectivity index (χ0n) is 14.8. The summed E-state index contributed by atoms with van der Waals surface area (Å²) in [6.07, 6.45) is 0. The van der Waals surface area contributed by atoms with Crippen LogP contribution in [0, 0.1) is 13.8 Å². The van der Waals surface area contributed by atoms with Crippen molar-refractivity contribution >= 4 is 44.9 Å². The Labute approximate surface area is 167 Å². The molecule has 0 bridgehead atoms. The van der Waals surface area contributed by atoms with Crippen LogP contribution >= 0.6 is 28.1 Å². The first-order chi connectivity index (χ1) is 12.3. The maximum absolute atomic E-state index is 13.1. The fraction of sp³-hybridized carbons (Fsp3) is 0.200. The second-order valence-electron chi connectivity index (χ2n) is 6.42. The van der Waals surface area contributed by atoms with Gasteiger partial charge in [-0.05, 0) is 67.9 Å². The van der Waals surface area contributed by atoms with Crippen molar-refractivity contribution in [3.05, 3.63) is 74.9 Å². The van der Waals surface area contributed by atoms with Crippen LogP contribution in [-0.2, 0) is 4.79 Å². The Bertz CT molecular complexity index is 903. The van der Waals surface area contributed by atoms with Gasteiger partial charge >= 0.3 is 0 Å². The number of anilines is 1. The number of amides is 1. The number of rotatable bonds is 3. The topological polar surface area (TPSA) is 53.2 Å². The van der Waals surface area contributed by atoms with E-state index in [9.17, 15) is 4.79 Å². The van der Waals surface area contributed by atoms with E-state index in [1.54, 1.807) is 0 Å². The van der Waals surface area contributed by atoms with Gasteiger partial charge in [-0.15, -0.1) is 0 Å². The second-order valence-corrected chi connectivity index (χ2v) is 7.68. The van der Waals surface area contributed by atoms with Gasteiger partial charge in [0.15, 0.2) is 5.11 Å². The number of halogens is 1. The van der Waals surface area contributed by atoms with E-state index in [0.29, 0.717) is 10.7 Å². The highest BCUT2D eigenvalue weighted by Crippen LogP contribution is 2.32. The molecule has 0 radical (unpaired) electrons. The van der Waals surface area contributed by atoms with Crippen LogP contribution in [0.15, 0.2) is 58.2 Å². The molecule has 1 aliphatic rings. The number of hydrogen-bond acceptors (Lipinski definition) is 2. The fourth-order valence-electron chi connectivity index (χ4n) is 3.18. The van der Waals surface area contributed by atoms with Gasteiger partial charge in [-0.25, -0.2) is 0 Å². The minimum Gasteiger partial charge on any atom is -0.351 e. The Morgan fingerprint density at radius 2 is 1.77 bits per heavy atom. The number of carbonyl (C=O) groups is 1. The van der Waals surface area contributed by atoms with Gasteiger partial charge < -0.3 is 16.0 Å². The first-order valence-corrected chi connectivity index (χ1v) is 9.47. The molecular formula is C20H20BrN3OS. The molecule has 3 N–H and O–H groups in total. The summed E-state index contributed by atoms with van der Waals surface area (Å²) >= 11 is 8.88. The summed E-state index contributed by atoms with van der Waals surface area (Å²) in [7, 11) is 0. The molecule has 0 aliphatic carbocycles. The van der Waals surface area contributed by atoms with E-state index in [2.05, 4.69) is 37.9 Å². The molecule has 0 spiro atoms. The Kier molecular flexibility index (Phi) is 5.44. The van der Waals surface area contributed by atoms with Crippen molar-refractivity contribution in [3.63, 3.8) is 0 Å². The minimum atomic E-state index is -0.328. The van der Waals surface area contributed by atoms with E-state index < -0.39 is 0 Å². The maximum Gasteiger partial charge on any atom is 0.255 e. The molecular weight excluding hydrogens is 410 g/mol. The number of carbonyl (C=O) groups excluding carboxylic acids is 1. The van der Waals surface area contributed by atoms with E-state index in [1.165, 1.54) is 0 Å². The molecule has 0 fully saturated rings. The number of nitrogens with one attached hydrogen (secondary N) is 3. The van der Waals surface area contributed by atoms with E-state index in [1.807, 2.05) is 57.2 Å². The summed E-state index contributed by atoms with van der Waals surface area (Å²) in [4.78, 5) is 13.1. The van der Waals surface area contributed by atoms with E-state index in [0.717, 1.165) is 32.5 Å². The van der Waals surface area contributed by atoms with Crippen LogP contribution in [0.1, 0.15) is 29.7 Å². The molecule has 134 valence electrons. The van der Waals surface area contributed by atoms with Crippen molar-refractivity contribution < 1.29 is 4.79 Å². The van der Waals surface area contributed by atoms with Crippen LogP contribution < -0.4 is 16.0 Å². The first kappa shape index (κ1) is 18.6. The molecule has 3 rings (SSSR count). The molecule has 0 aromatic heterocycles. The van der Waals surface area contributed by atoms with Gasteiger partial charge in [0.2, 0.25) is 0 Å². The summed E-state index contributed by atoms with van der Waals surface area (Å²) in [6.45, 7) is 5.89. The summed E-state index contributed by atoms with van der Waals surface area (Å²) in [5.74, 6) is -0.157. The van der Waals surface area contributed by atoms with Gasteiger partial charge in [0.05, 0.1) is 11.6 Å². The quantitative estimate of drug-likeness (QED) is 0.628. The predicted molar refractivity (Wildman–Crippen MR) is 113 cm³/mol. The lowest BCUT2D eigenvalue weighted by Crippen LogP contribution is -2.45. The Morgan fingerprint density at radius 1 is 1.12 bits per heavy atom. The molecule has 4 nitrogen and oxygen atoms in total. The van der Waals surface area contributed by atoms with E-state index >= 15 is 0 Å². The van der Waals surface area contributed by atoms with Crippen LogP contribution in [-0.4, -0.2) is 11.0 Å². The van der Waals surface area contributed by atoms with Gasteiger partial charge in [-0.1, -0.05) is 40.2 Å². The highest BCUT2D eigenvalue weighted by atomic mass is 79.9. The molecule has 1 unspecified atom stereocenters. The van der Waals surface area contributed by atoms with Crippen LogP contribution in [0.4, 0.5) is 5.69 Å². The third kappa shape index (κ3) is 3.97. The zero-order valence-corrected chi connectivity index (χ0v) is 17.2. The molecule has 1 aliphatic heterocycles. The van der Waals surface area contributed by atoms with E-state index in [4.69, 9.17) is 12.2 Å². The van der Waals surface area contributed by atoms with Crippen LogP contribution in [0.2, 0.25) is 0 Å². The molecule has 0 saturated carbocycles. The molecule has 26 heavy (non-hydrogen) atoms. The monoisotopic (exact) mass is 429 g/mol. The number of hydrogen-bond donors (Lipinski definition) is 3. The summed E-state index contributed by atoms with van der Waals surface area (Å²) in [6, 6.07) is 13.5. The number of allylic oxidation sites excluding steroid dienone is 1. The second kappa shape index (κ2) is 7.60. The molecule has 6 heteroatoms. The van der Waals surface area contributed by atoms with Gasteiger partial charge in [0, 0.05) is 15.9 Å². The summed E-state index contributed by atoms with van der Waals surface area (Å²) in [5.41, 5.74) is 5.32. The number of thiocarbonyl (C=S) groups is 1. The maximum atomic E-state index is 13.1. The van der Waals surface area contributed by atoms with Crippen LogP contribution in [0.3, 0.4) is 0 Å². The van der Waals surface area contributed by atoms with Crippen molar-refractivity contribution in [2.24, 2.45) is 0 Å². The third-order valence-corrected chi connectivity index (χ3v) is 5.15. The van der Waals surface area contributed by atoms with Crippen molar-refractivity contribution in [2.75, 3.05) is 5.32 Å². The SMILES string of the molecule is CC1=C(C(=O)Nc2cc(C)cc(C)c2)C(c2ccccc2Br)NC(=S)N1. The minimum absolute atomic E-state index is 0.157. The molecule has 2 aromatic carbocycles. The van der Waals surface area contributed by atoms with Crippen LogP contribution in [0.25, 0.3) is 0 Å². The molecule has 2 aromatic rings. The largest absolute Gasteiger partial charge is 0.351 e. The number of benzene rings is 2. The smallest absolute Gasteiger partial charge is 0.255 e. The van der Waals surface area contributed by atoms with Gasteiger partial charge in [0.25, 0.3) is 5.91 Å². The van der Waals surface area contributed by atoms with Crippen molar-refractivity contribution in [1.29, 1.82) is 0 Å². The molecule has 1 heterocycles. The normalized spacial score (nSPS) is 16.8. The fourth-order valence-corrected chi connectivity index (χ4v) is 3.97. The highest BCUT2D eigenvalue weighted by Gasteiger charge is 2.31. The Balaban J connectivity index is 1.98. The summed E-state index contributed by atoms with van der Waals surface area (Å²) < 4.78 is 0.923. The lowest BCUT2D eigenvalue weighted by molar-refractivity contribution is -0.113. The lowest BCUT2D eigenvalue weighted by Gasteiger charge is -2.31. The van der Waals surface area contributed by atoms with Gasteiger partial charge in [0.1, 0.15) is 0 Å². The standard InChI is InChI=1S/C20H20BrN3OS/c1-11-8-12(2)10-14(9-11)23-19(25)17-13(3)22-20(26)24-18(17)15-6-4-5-7-16(15)21/h4-10,18H,1-3H3,(H,23,25)(H2,22,24,26).